The number of anilines is 6. The molecule has 0 bridgehead atoms. The lowest BCUT2D eigenvalue weighted by molar-refractivity contribution is -0.671. The van der Waals surface area contributed by atoms with Gasteiger partial charge >= 0.3 is 11.8 Å². The number of nitrogens with one attached hydrogen (secondary N) is 1. The van der Waals surface area contributed by atoms with Gasteiger partial charge < -0.3 is 87.7 Å². The van der Waals surface area contributed by atoms with Crippen molar-refractivity contribution < 1.29 is 107 Å². The summed E-state index contributed by atoms with van der Waals surface area (Å²) in [5.74, 6) is -1.21. The minimum atomic E-state index is -3.72. The van der Waals surface area contributed by atoms with Crippen LogP contribution in [0, 0.1) is 17.3 Å². The quantitative estimate of drug-likeness (QED) is 0.0110. The van der Waals surface area contributed by atoms with Gasteiger partial charge in [-0.3, -0.25) is 19.8 Å². The summed E-state index contributed by atoms with van der Waals surface area (Å²) >= 11 is 0. The third-order valence-electron chi connectivity index (χ3n) is 13.1. The predicted octanol–water partition coefficient (Wildman–Crippen LogP) is 2.73. The lowest BCUT2D eigenvalue weighted by atomic mass is 10.1. The van der Waals surface area contributed by atoms with Crippen LogP contribution >= 0.6 is 0 Å². The average Bonchev–Trinajstić information content (AvgIpc) is 0.822. The number of nitrogen functional groups attached to an aromatic ring is 5. The summed E-state index contributed by atoms with van der Waals surface area (Å²) in [7, 11) is -2.62. The molecule has 0 aliphatic carbocycles. The van der Waals surface area contributed by atoms with Crippen LogP contribution in [-0.2, 0) is 74.1 Å². The van der Waals surface area contributed by atoms with E-state index in [4.69, 9.17) is 59.4 Å². The second kappa shape index (κ2) is 47.0. The molecule has 43 nitrogen and oxygen atoms in total. The zero-order chi connectivity index (χ0) is 83.7. The van der Waals surface area contributed by atoms with Crippen molar-refractivity contribution in [2.75, 3.05) is 92.8 Å². The van der Waals surface area contributed by atoms with E-state index in [-0.39, 0.29) is 19.0 Å². The number of hydrogen-bond acceptors (Lipinski definition) is 36. The van der Waals surface area contributed by atoms with Gasteiger partial charge in [0.15, 0.2) is 49.1 Å². The van der Waals surface area contributed by atoms with Gasteiger partial charge in [-0.15, -0.1) is 30.7 Å². The van der Waals surface area contributed by atoms with Crippen molar-refractivity contribution in [3.05, 3.63) is 211 Å². The van der Waals surface area contributed by atoms with Crippen molar-refractivity contribution in [1.82, 2.24) is 10.2 Å². The molecule has 46 heteroatoms. The molecule has 6 heterocycles. The molecule has 112 heavy (non-hydrogen) atoms. The normalized spacial score (nSPS) is 12.6. The summed E-state index contributed by atoms with van der Waals surface area (Å²) in [4.78, 5) is 36.9. The SMILES string of the molecule is CN1C(=O)NC(=O)C(N=Nc2cccc[n+]2[O-])C1=O.COc1cc(N=Nc2ccc[n+](C)c2)c(N)cc1N.CS(=O)(=O)O[O-].CS(=O)(=O)O[O-].CS(=O)(=O)O[O-].C[n+]1cccc(N=Nc2ccc(N(CCO)CCO)cc2)c1.Cc1cc(N=Nc2ccc[n+](C)c2)c(N)cc1N.Nc1ccc(N=Nc2ccc[n+]([O-])c2)cc1. The standard InChI is InChI=1S/C16H21N4O2.C13H16N5O.C13H16N5.C11H10N4O.C10H9N5O4.3CH4O4S/c1-19-8-2-3-15(13-19)18-17-14-4-6-16(7-5-14)20(9-11-21)10-12-22;1-18-5-3-4-9(8-18)16-17-12-7-13(19-2)11(15)6-10(12)14;1-9-6-13(12(15)7-11(9)14)17-16-10-4-3-5-18(2)8-10;12-9-3-5-10(6-4-9)13-14-11-2-1-7-15(16)8-11;1-14-9(17)7(8(16)11-10(14)18)13-12-6-4-2-3-5-15(6)19;3*1-6(3,4)5-2/h2-8,13,21-22H,9-12H2,1H3;3-8H,14-15H2,1-2H3;3-8H,14-15H2,1-2H3;1-8H,12H2;2-5,7H,1H3,(H,11,16,18);3*2H,1H3/q3*+1;;;;;/p-3. The number of methoxy groups -OCH3 is 1. The van der Waals surface area contributed by atoms with E-state index < -0.39 is 54.2 Å². The summed E-state index contributed by atoms with van der Waals surface area (Å²) in [6.45, 7) is 2.99. The number of imide groups is 2. The topological polar surface area (TPSA) is 638 Å². The Hall–Kier alpha value is -13.0. The van der Waals surface area contributed by atoms with E-state index in [1.165, 1.54) is 37.8 Å². The first-order chi connectivity index (χ1) is 52.8. The van der Waals surface area contributed by atoms with Gasteiger partial charge in [0.2, 0.25) is 6.20 Å². The molecular weight excluding hydrogens is 1530 g/mol. The average molecular weight is 1610 g/mol. The molecule has 1 aliphatic rings. The fraction of sp³-hybridized carbons (Fsp3) is 0.212. The van der Waals surface area contributed by atoms with Gasteiger partial charge in [-0.2, -0.15) is 15.0 Å². The Bertz CT molecular complexity index is 4990. The highest BCUT2D eigenvalue weighted by Gasteiger charge is 2.40. The van der Waals surface area contributed by atoms with Crippen LogP contribution in [0.2, 0.25) is 0 Å². The lowest BCUT2D eigenvalue weighted by Gasteiger charge is -2.22. The van der Waals surface area contributed by atoms with Crippen LogP contribution in [0.15, 0.2) is 246 Å². The van der Waals surface area contributed by atoms with Crippen LogP contribution < -0.4 is 82.6 Å². The van der Waals surface area contributed by atoms with Crippen LogP contribution in [0.5, 0.6) is 5.75 Å². The van der Waals surface area contributed by atoms with Crippen molar-refractivity contribution in [1.29, 1.82) is 0 Å². The monoisotopic (exact) mass is 1610 g/mol. The summed E-state index contributed by atoms with van der Waals surface area (Å²) in [5.41, 5.74) is 38.8. The number of carbonyl (C=O) groups is 3. The van der Waals surface area contributed by atoms with E-state index in [1.807, 2.05) is 156 Å². The third-order valence-corrected chi connectivity index (χ3v) is 13.8. The number of aromatic nitrogens is 5. The molecular formula is C66H81N23O20S3. The van der Waals surface area contributed by atoms with Crippen molar-refractivity contribution in [3.8, 4) is 5.75 Å². The molecule has 4 aromatic carbocycles. The molecule has 598 valence electrons. The highest BCUT2D eigenvalue weighted by molar-refractivity contribution is 7.86. The van der Waals surface area contributed by atoms with Crippen LogP contribution in [0.3, 0.4) is 0 Å². The highest BCUT2D eigenvalue weighted by atomic mass is 32.2. The number of aliphatic hydroxyl groups excluding tert-OH is 2. The maximum atomic E-state index is 11.7. The minimum Gasteiger partial charge on any atom is -0.710 e. The number of nitrogens with two attached hydrogens (primary N) is 5. The maximum Gasteiger partial charge on any atom is 0.353 e. The van der Waals surface area contributed by atoms with Crippen molar-refractivity contribution in [2.24, 2.45) is 72.3 Å². The Balaban J connectivity index is 0.000000344. The summed E-state index contributed by atoms with van der Waals surface area (Å²) in [6.07, 6.45) is 17.4. The Kier molecular flexibility index (Phi) is 39.1. The molecule has 10 rings (SSSR count). The number of benzene rings is 4. The second-order valence-electron chi connectivity index (χ2n) is 22.4. The van der Waals surface area contributed by atoms with Gasteiger partial charge in [-0.1, -0.05) is 11.2 Å². The molecule has 0 saturated carbocycles. The Morgan fingerprint density at radius 1 is 0.509 bits per heavy atom. The number of amides is 4. The zero-order valence-corrected chi connectivity index (χ0v) is 63.8. The fourth-order valence-electron chi connectivity index (χ4n) is 7.78. The molecule has 1 unspecified atom stereocenters. The van der Waals surface area contributed by atoms with E-state index in [2.05, 4.69) is 64.1 Å². The number of aliphatic hydroxyl groups is 2. The number of pyridine rings is 5. The van der Waals surface area contributed by atoms with Crippen molar-refractivity contribution in [3.63, 3.8) is 0 Å². The number of aryl methyl sites for hydroxylation is 4. The number of urea groups is 1. The lowest BCUT2D eigenvalue weighted by Crippen LogP contribution is -2.58. The van der Waals surface area contributed by atoms with Crippen LogP contribution in [0.1, 0.15) is 5.56 Å². The van der Waals surface area contributed by atoms with Gasteiger partial charge in [0.25, 0.3) is 48.2 Å². The molecule has 1 fully saturated rings. The van der Waals surface area contributed by atoms with Crippen molar-refractivity contribution in [2.45, 2.75) is 13.0 Å². The molecule has 1 aliphatic heterocycles. The van der Waals surface area contributed by atoms with Gasteiger partial charge in [-0.05, 0) is 110 Å². The summed E-state index contributed by atoms with van der Waals surface area (Å²) in [5, 5.41) is 109. The van der Waals surface area contributed by atoms with Crippen LogP contribution in [0.25, 0.3) is 0 Å². The van der Waals surface area contributed by atoms with E-state index in [0.717, 1.165) is 38.9 Å². The number of barbiturate groups is 1. The molecule has 0 radical (unpaired) electrons. The number of carbonyl (C=O) groups excluding carboxylic acids is 3. The Morgan fingerprint density at radius 2 is 0.911 bits per heavy atom. The number of nitrogens with zero attached hydrogens (tertiary/aromatic N) is 17. The van der Waals surface area contributed by atoms with E-state index in [1.54, 1.807) is 67.8 Å². The van der Waals surface area contributed by atoms with Gasteiger partial charge in [0.05, 0.1) is 78.8 Å². The zero-order valence-electron chi connectivity index (χ0n) is 61.3. The number of ether oxygens (including phenoxy) is 1. The van der Waals surface area contributed by atoms with E-state index in [9.17, 15) is 50.1 Å². The first-order valence-electron chi connectivity index (χ1n) is 31.6. The molecule has 0 spiro atoms. The van der Waals surface area contributed by atoms with Crippen LogP contribution in [0.4, 0.5) is 90.2 Å². The van der Waals surface area contributed by atoms with Crippen molar-refractivity contribution >= 4 is 134 Å². The Labute approximate surface area is 642 Å². The summed E-state index contributed by atoms with van der Waals surface area (Å²) in [6, 6.07) is 38.1. The smallest absolute Gasteiger partial charge is 0.353 e. The van der Waals surface area contributed by atoms with E-state index in [0.29, 0.717) is 98.3 Å². The maximum absolute atomic E-state index is 11.7. The van der Waals surface area contributed by atoms with Gasteiger partial charge in [-0.25, -0.2) is 48.5 Å². The number of hydrogen-bond donors (Lipinski definition) is 8. The molecule has 5 aromatic heterocycles. The molecule has 9 aromatic rings. The molecule has 1 atom stereocenters. The molecule has 13 N–H and O–H groups in total. The first kappa shape index (κ1) is 93.2. The van der Waals surface area contributed by atoms with E-state index >= 15 is 0 Å². The van der Waals surface area contributed by atoms with Gasteiger partial charge in [0, 0.05) is 73.6 Å². The minimum absolute atomic E-state index is 0.0481. The van der Waals surface area contributed by atoms with Crippen LogP contribution in [-0.4, -0.2) is 123 Å². The highest BCUT2D eigenvalue weighted by Crippen LogP contribution is 2.34. The summed E-state index contributed by atoms with van der Waals surface area (Å²) < 4.78 is 76.7. The third kappa shape index (κ3) is 36.7. The Morgan fingerprint density at radius 3 is 1.32 bits per heavy atom. The second-order valence-corrected chi connectivity index (χ2v) is 27.0. The molecule has 4 amide bonds. The molecule has 1 saturated heterocycles. The van der Waals surface area contributed by atoms with Gasteiger partial charge in [0.1, 0.15) is 55.3 Å². The fourth-order valence-corrected chi connectivity index (χ4v) is 7.78. The largest absolute Gasteiger partial charge is 0.710 e. The number of azo groups is 5. The first-order valence-corrected chi connectivity index (χ1v) is 37.0. The number of rotatable bonds is 19. The predicted molar refractivity (Wildman–Crippen MR) is 398 cm³/mol. The number of likely N-dealkylation sites (N-methyl/N-ethyl adjacent to an activating group) is 1.